The second-order valence-electron chi connectivity index (χ2n) is 8.78. The minimum Gasteiger partial charge on any atom is -0.392 e. The molecule has 0 saturated heterocycles. The van der Waals surface area contributed by atoms with Gasteiger partial charge in [-0.25, -0.2) is 0 Å². The lowest BCUT2D eigenvalue weighted by atomic mass is 9.61. The summed E-state index contributed by atoms with van der Waals surface area (Å²) in [7, 11) is 0. The van der Waals surface area contributed by atoms with Crippen LogP contribution in [0.5, 0.6) is 0 Å². The maximum absolute atomic E-state index is 12.7. The van der Waals surface area contributed by atoms with Crippen LogP contribution in [0.2, 0.25) is 0 Å². The van der Waals surface area contributed by atoms with Crippen LogP contribution in [-0.4, -0.2) is 17.0 Å². The van der Waals surface area contributed by atoms with E-state index in [2.05, 4.69) is 19.9 Å². The minimum atomic E-state index is -0.301. The fourth-order valence-electron chi connectivity index (χ4n) is 4.87. The molecule has 2 atom stereocenters. The average molecular weight is 361 g/mol. The van der Waals surface area contributed by atoms with Crippen LogP contribution < -0.4 is 0 Å². The lowest BCUT2D eigenvalue weighted by Crippen LogP contribution is -2.42. The number of unbranched alkanes of at least 4 members (excludes halogenated alkanes) is 9. The van der Waals surface area contributed by atoms with E-state index in [4.69, 9.17) is 0 Å². The number of carbonyl (C=O) groups excluding carboxylic acids is 1. The van der Waals surface area contributed by atoms with Gasteiger partial charge >= 0.3 is 0 Å². The van der Waals surface area contributed by atoms with Crippen LogP contribution in [0.1, 0.15) is 111 Å². The summed E-state index contributed by atoms with van der Waals surface area (Å²) >= 11 is 0. The Kier molecular flexibility index (Phi) is 8.60. The minimum absolute atomic E-state index is 0.208. The smallest absolute Gasteiger partial charge is 0.184 e. The highest BCUT2D eigenvalue weighted by molar-refractivity contribution is 6.09. The fraction of sp³-hybridized carbons (Fsp3) is 0.792. The van der Waals surface area contributed by atoms with Crippen LogP contribution in [-0.2, 0) is 4.79 Å². The zero-order chi connectivity index (χ0) is 19.0. The molecule has 0 heterocycles. The van der Waals surface area contributed by atoms with Crippen molar-refractivity contribution < 1.29 is 9.90 Å². The van der Waals surface area contributed by atoms with Crippen molar-refractivity contribution in [2.75, 3.05) is 0 Å². The number of fused-ring (bicyclic) bond motifs is 1. The van der Waals surface area contributed by atoms with E-state index < -0.39 is 0 Å². The molecule has 0 aromatic carbocycles. The van der Waals surface area contributed by atoms with Gasteiger partial charge in [0.05, 0.1) is 6.10 Å². The molecule has 2 heteroatoms. The van der Waals surface area contributed by atoms with Gasteiger partial charge in [-0.3, -0.25) is 4.79 Å². The average Bonchev–Trinajstić information content (AvgIpc) is 2.62. The number of ketones is 1. The molecule has 0 aromatic rings. The van der Waals surface area contributed by atoms with E-state index in [1.165, 1.54) is 63.4 Å². The van der Waals surface area contributed by atoms with Crippen molar-refractivity contribution in [3.63, 3.8) is 0 Å². The SMILES string of the molecule is CCCCCCCCCCC/C=C1\C[C@@]2(C)C(=C(C)C1=O)CCC[C@@H]2O. The molecule has 0 radical (unpaired) electrons. The Morgan fingerprint density at radius 2 is 1.69 bits per heavy atom. The van der Waals surface area contributed by atoms with Crippen LogP contribution in [0.4, 0.5) is 0 Å². The number of aliphatic hydroxyl groups excluding tert-OH is 1. The standard InChI is InChI=1S/C24H40O2/c1-4-5-6-7-8-9-10-11-12-13-15-20-18-24(3)21(19(2)23(20)26)16-14-17-22(24)25/h15,22,25H,4-14,16-18H2,1-3H3/b20-15+/t22-,24-/m0/s1. The summed E-state index contributed by atoms with van der Waals surface area (Å²) in [5.41, 5.74) is 2.88. The van der Waals surface area contributed by atoms with Gasteiger partial charge in [0.1, 0.15) is 0 Å². The van der Waals surface area contributed by atoms with E-state index in [0.29, 0.717) is 0 Å². The normalized spacial score (nSPS) is 27.9. The molecule has 26 heavy (non-hydrogen) atoms. The van der Waals surface area contributed by atoms with E-state index >= 15 is 0 Å². The molecule has 1 N–H and O–H groups in total. The van der Waals surface area contributed by atoms with Crippen molar-refractivity contribution in [3.8, 4) is 0 Å². The predicted molar refractivity (Wildman–Crippen MR) is 110 cm³/mol. The molecule has 0 aliphatic heterocycles. The maximum atomic E-state index is 12.7. The Bertz CT molecular complexity index is 528. The quantitative estimate of drug-likeness (QED) is 0.349. The van der Waals surface area contributed by atoms with Gasteiger partial charge in [0.15, 0.2) is 5.78 Å². The molecule has 1 saturated carbocycles. The Morgan fingerprint density at radius 1 is 1.08 bits per heavy atom. The Morgan fingerprint density at radius 3 is 2.35 bits per heavy atom. The summed E-state index contributed by atoms with van der Waals surface area (Å²) in [6.07, 6.45) is 18.5. The summed E-state index contributed by atoms with van der Waals surface area (Å²) in [4.78, 5) is 12.7. The first-order valence-corrected chi connectivity index (χ1v) is 11.1. The Balaban J connectivity index is 1.77. The lowest BCUT2D eigenvalue weighted by molar-refractivity contribution is -0.113. The number of hydrogen-bond donors (Lipinski definition) is 1. The van der Waals surface area contributed by atoms with Crippen molar-refractivity contribution in [3.05, 3.63) is 22.8 Å². The third-order valence-corrected chi connectivity index (χ3v) is 6.67. The molecule has 2 aliphatic rings. The molecule has 0 unspecified atom stereocenters. The maximum Gasteiger partial charge on any atom is 0.184 e. The molecule has 0 spiro atoms. The fourth-order valence-corrected chi connectivity index (χ4v) is 4.87. The predicted octanol–water partition coefficient (Wildman–Crippen LogP) is 6.67. The van der Waals surface area contributed by atoms with E-state index in [0.717, 1.165) is 43.3 Å². The van der Waals surface area contributed by atoms with Crippen LogP contribution in [0.15, 0.2) is 22.8 Å². The second kappa shape index (κ2) is 10.4. The highest BCUT2D eigenvalue weighted by Gasteiger charge is 2.45. The van der Waals surface area contributed by atoms with Gasteiger partial charge in [0, 0.05) is 5.41 Å². The van der Waals surface area contributed by atoms with Crippen LogP contribution in [0.3, 0.4) is 0 Å². The van der Waals surface area contributed by atoms with Crippen LogP contribution in [0.25, 0.3) is 0 Å². The van der Waals surface area contributed by atoms with E-state index in [1.54, 1.807) is 0 Å². The van der Waals surface area contributed by atoms with E-state index in [-0.39, 0.29) is 17.3 Å². The Labute approximate surface area is 161 Å². The molecule has 1 fully saturated rings. The molecule has 2 aliphatic carbocycles. The number of aliphatic hydroxyl groups is 1. The summed E-state index contributed by atoms with van der Waals surface area (Å²) in [6, 6.07) is 0. The van der Waals surface area contributed by atoms with Crippen molar-refractivity contribution in [2.45, 2.75) is 117 Å². The van der Waals surface area contributed by atoms with Crippen molar-refractivity contribution in [2.24, 2.45) is 5.41 Å². The molecule has 0 amide bonds. The topological polar surface area (TPSA) is 37.3 Å². The summed E-state index contributed by atoms with van der Waals surface area (Å²) in [5, 5.41) is 10.6. The number of carbonyl (C=O) groups is 1. The summed E-state index contributed by atoms with van der Waals surface area (Å²) in [6.45, 7) is 6.40. The molecule has 148 valence electrons. The first-order valence-electron chi connectivity index (χ1n) is 11.1. The monoisotopic (exact) mass is 360 g/mol. The third kappa shape index (κ3) is 5.31. The number of Topliss-reactive ketones (excluding diaryl/α,β-unsaturated/α-hetero) is 1. The van der Waals surface area contributed by atoms with E-state index in [1.807, 2.05) is 6.92 Å². The van der Waals surface area contributed by atoms with Crippen LogP contribution in [0, 0.1) is 5.41 Å². The lowest BCUT2D eigenvalue weighted by Gasteiger charge is -2.45. The number of hydrogen-bond acceptors (Lipinski definition) is 2. The van der Waals surface area contributed by atoms with Gasteiger partial charge in [0.2, 0.25) is 0 Å². The molecule has 2 rings (SSSR count). The van der Waals surface area contributed by atoms with Crippen molar-refractivity contribution in [1.82, 2.24) is 0 Å². The third-order valence-electron chi connectivity index (χ3n) is 6.67. The molecular formula is C24H40O2. The van der Waals surface area contributed by atoms with Gasteiger partial charge in [0.25, 0.3) is 0 Å². The van der Waals surface area contributed by atoms with Gasteiger partial charge in [-0.2, -0.15) is 0 Å². The van der Waals surface area contributed by atoms with Gasteiger partial charge < -0.3 is 5.11 Å². The largest absolute Gasteiger partial charge is 0.392 e. The Hall–Kier alpha value is -0.890. The van der Waals surface area contributed by atoms with Gasteiger partial charge in [-0.05, 0) is 56.6 Å². The first kappa shape index (κ1) is 21.4. The first-order chi connectivity index (χ1) is 12.5. The molecular weight excluding hydrogens is 320 g/mol. The van der Waals surface area contributed by atoms with E-state index in [9.17, 15) is 9.90 Å². The van der Waals surface area contributed by atoms with Gasteiger partial charge in [-0.15, -0.1) is 0 Å². The zero-order valence-corrected chi connectivity index (χ0v) is 17.4. The summed E-state index contributed by atoms with van der Waals surface area (Å²) in [5.74, 6) is 0.238. The second-order valence-corrected chi connectivity index (χ2v) is 8.78. The zero-order valence-electron chi connectivity index (χ0n) is 17.4. The highest BCUT2D eigenvalue weighted by Crippen LogP contribution is 2.50. The van der Waals surface area contributed by atoms with Crippen molar-refractivity contribution in [1.29, 1.82) is 0 Å². The van der Waals surface area contributed by atoms with Crippen molar-refractivity contribution >= 4 is 5.78 Å². The van der Waals surface area contributed by atoms with Gasteiger partial charge in [-0.1, -0.05) is 76.9 Å². The highest BCUT2D eigenvalue weighted by atomic mass is 16.3. The molecule has 2 nitrogen and oxygen atoms in total. The summed E-state index contributed by atoms with van der Waals surface area (Å²) < 4.78 is 0. The van der Waals surface area contributed by atoms with Crippen LogP contribution >= 0.6 is 0 Å². The molecule has 0 aromatic heterocycles. The number of allylic oxidation sites excluding steroid dienone is 3. The number of rotatable bonds is 10. The molecule has 0 bridgehead atoms.